The Kier molecular flexibility index (Phi) is 7.70. The van der Waals surface area contributed by atoms with Crippen molar-refractivity contribution in [2.75, 3.05) is 33.3 Å². The number of guanidine groups is 1. The maximum absolute atomic E-state index is 5.90. The summed E-state index contributed by atoms with van der Waals surface area (Å²) >= 11 is 0. The van der Waals surface area contributed by atoms with Gasteiger partial charge in [0, 0.05) is 38.9 Å². The molecule has 0 saturated carbocycles. The first-order chi connectivity index (χ1) is 11.8. The maximum Gasteiger partial charge on any atom is 0.193 e. The molecule has 0 amide bonds. The van der Waals surface area contributed by atoms with Gasteiger partial charge in [0.05, 0.1) is 19.3 Å². The van der Waals surface area contributed by atoms with Gasteiger partial charge in [0.25, 0.3) is 0 Å². The van der Waals surface area contributed by atoms with Crippen molar-refractivity contribution < 1.29 is 4.74 Å². The lowest BCUT2D eigenvalue weighted by molar-refractivity contribution is -0.00800. The average molecular weight is 455 g/mol. The van der Waals surface area contributed by atoms with Crippen LogP contribution in [0.15, 0.2) is 47.7 Å². The number of nitrogens with zero attached hydrogens (tertiary/aromatic N) is 4. The number of benzene rings is 1. The van der Waals surface area contributed by atoms with Crippen LogP contribution in [-0.2, 0) is 18.2 Å². The van der Waals surface area contributed by atoms with Crippen LogP contribution < -0.4 is 5.32 Å². The Morgan fingerprint density at radius 3 is 2.84 bits per heavy atom. The molecule has 6 nitrogen and oxygen atoms in total. The zero-order valence-corrected chi connectivity index (χ0v) is 17.1. The smallest absolute Gasteiger partial charge is 0.193 e. The molecule has 1 unspecified atom stereocenters. The number of aryl methyl sites for hydroxylation is 1. The maximum atomic E-state index is 5.90. The van der Waals surface area contributed by atoms with Crippen molar-refractivity contribution in [1.82, 2.24) is 20.0 Å². The second kappa shape index (κ2) is 9.76. The zero-order valence-electron chi connectivity index (χ0n) is 14.8. The molecule has 1 aliphatic rings. The third kappa shape index (κ3) is 5.43. The first kappa shape index (κ1) is 19.7. The zero-order chi connectivity index (χ0) is 16.8. The van der Waals surface area contributed by atoms with Gasteiger partial charge in [-0.3, -0.25) is 9.67 Å². The summed E-state index contributed by atoms with van der Waals surface area (Å²) in [5.41, 5.74) is 2.44. The predicted molar refractivity (Wildman–Crippen MR) is 110 cm³/mol. The quantitative estimate of drug-likeness (QED) is 0.437. The normalized spacial score (nSPS) is 17.9. The molecule has 0 spiro atoms. The Bertz CT molecular complexity index is 673. The van der Waals surface area contributed by atoms with Gasteiger partial charge in [0.1, 0.15) is 6.10 Å². The van der Waals surface area contributed by atoms with E-state index >= 15 is 0 Å². The van der Waals surface area contributed by atoms with E-state index in [0.29, 0.717) is 6.61 Å². The molecular formula is C18H26IN5O. The van der Waals surface area contributed by atoms with E-state index in [1.54, 1.807) is 0 Å². The van der Waals surface area contributed by atoms with Crippen molar-refractivity contribution in [1.29, 1.82) is 0 Å². The summed E-state index contributed by atoms with van der Waals surface area (Å²) in [5.74, 6) is 0.933. The van der Waals surface area contributed by atoms with Crippen molar-refractivity contribution in [3.05, 3.63) is 53.9 Å². The highest BCUT2D eigenvalue weighted by Crippen LogP contribution is 2.21. The van der Waals surface area contributed by atoms with E-state index < -0.39 is 0 Å². The fraction of sp³-hybridized carbons (Fsp3) is 0.444. The van der Waals surface area contributed by atoms with E-state index in [1.807, 2.05) is 37.2 Å². The lowest BCUT2D eigenvalue weighted by Gasteiger charge is -2.34. The molecule has 1 aromatic heterocycles. The largest absolute Gasteiger partial charge is 0.370 e. The van der Waals surface area contributed by atoms with Gasteiger partial charge in [0.15, 0.2) is 5.96 Å². The van der Waals surface area contributed by atoms with Crippen molar-refractivity contribution >= 4 is 29.9 Å². The van der Waals surface area contributed by atoms with Crippen molar-refractivity contribution in [3.8, 4) is 0 Å². The fourth-order valence-electron chi connectivity index (χ4n) is 2.95. The minimum atomic E-state index is 0. The lowest BCUT2D eigenvalue weighted by atomic mass is 10.1. The minimum absolute atomic E-state index is 0. The molecule has 0 aliphatic carbocycles. The van der Waals surface area contributed by atoms with Crippen LogP contribution in [0, 0.1) is 0 Å². The highest BCUT2D eigenvalue weighted by atomic mass is 127. The van der Waals surface area contributed by atoms with Crippen LogP contribution >= 0.6 is 24.0 Å². The van der Waals surface area contributed by atoms with Crippen LogP contribution in [0.3, 0.4) is 0 Å². The van der Waals surface area contributed by atoms with E-state index in [4.69, 9.17) is 4.74 Å². The van der Waals surface area contributed by atoms with Gasteiger partial charge >= 0.3 is 0 Å². The van der Waals surface area contributed by atoms with Crippen LogP contribution in [0.4, 0.5) is 0 Å². The van der Waals surface area contributed by atoms with Gasteiger partial charge in [-0.05, 0) is 12.0 Å². The Balaban J connectivity index is 0.00000225. The summed E-state index contributed by atoms with van der Waals surface area (Å²) in [6, 6.07) is 10.5. The second-order valence-electron chi connectivity index (χ2n) is 5.96. The van der Waals surface area contributed by atoms with Crippen molar-refractivity contribution in [2.24, 2.45) is 12.0 Å². The second-order valence-corrected chi connectivity index (χ2v) is 5.96. The van der Waals surface area contributed by atoms with Gasteiger partial charge in [-0.25, -0.2) is 0 Å². The first-order valence-electron chi connectivity index (χ1n) is 8.36. The Hall–Kier alpha value is -1.61. The van der Waals surface area contributed by atoms with E-state index in [0.717, 1.165) is 37.6 Å². The third-order valence-corrected chi connectivity index (χ3v) is 4.21. The van der Waals surface area contributed by atoms with Crippen LogP contribution in [0.2, 0.25) is 0 Å². The first-order valence-corrected chi connectivity index (χ1v) is 8.36. The number of aliphatic imine (C=N–C) groups is 1. The summed E-state index contributed by atoms with van der Waals surface area (Å²) in [6.45, 7) is 3.20. The molecule has 136 valence electrons. The number of rotatable bonds is 4. The van der Waals surface area contributed by atoms with Gasteiger partial charge in [-0.2, -0.15) is 5.10 Å². The molecule has 0 bridgehead atoms. The molecule has 1 aliphatic heterocycles. The summed E-state index contributed by atoms with van der Waals surface area (Å²) in [6.07, 6.45) is 4.91. The Labute approximate surface area is 166 Å². The number of hydrogen-bond acceptors (Lipinski definition) is 3. The number of aromatic nitrogens is 2. The summed E-state index contributed by atoms with van der Waals surface area (Å²) < 4.78 is 7.71. The Morgan fingerprint density at radius 2 is 2.16 bits per heavy atom. The van der Waals surface area contributed by atoms with E-state index in [1.165, 1.54) is 5.56 Å². The molecule has 1 saturated heterocycles. The Morgan fingerprint density at radius 1 is 1.36 bits per heavy atom. The molecular weight excluding hydrogens is 429 g/mol. The van der Waals surface area contributed by atoms with Gasteiger partial charge < -0.3 is 15.0 Å². The van der Waals surface area contributed by atoms with Gasteiger partial charge in [0.2, 0.25) is 0 Å². The third-order valence-electron chi connectivity index (χ3n) is 4.21. The molecule has 1 N–H and O–H groups in total. The monoisotopic (exact) mass is 455 g/mol. The van der Waals surface area contributed by atoms with Crippen LogP contribution in [0.5, 0.6) is 0 Å². The molecule has 1 fully saturated rings. The minimum Gasteiger partial charge on any atom is -0.370 e. The molecule has 1 atom stereocenters. The topological polar surface area (TPSA) is 54.7 Å². The van der Waals surface area contributed by atoms with E-state index in [9.17, 15) is 0 Å². The van der Waals surface area contributed by atoms with Gasteiger partial charge in [-0.1, -0.05) is 30.3 Å². The predicted octanol–water partition coefficient (Wildman–Crippen LogP) is 2.23. The van der Waals surface area contributed by atoms with Gasteiger partial charge in [-0.15, -0.1) is 24.0 Å². The lowest BCUT2D eigenvalue weighted by Crippen LogP contribution is -2.48. The molecule has 2 aromatic rings. The SMILES string of the molecule is CN=C(NCCc1ccccc1)N1CCOC(c2cnn(C)c2)C1.I. The molecule has 2 heterocycles. The fourth-order valence-corrected chi connectivity index (χ4v) is 2.95. The molecule has 0 radical (unpaired) electrons. The van der Waals surface area contributed by atoms with Crippen molar-refractivity contribution in [2.45, 2.75) is 12.5 Å². The van der Waals surface area contributed by atoms with Crippen molar-refractivity contribution in [3.63, 3.8) is 0 Å². The standard InChI is InChI=1S/C18H25N5O.HI/c1-19-18(20-9-8-15-6-4-3-5-7-15)23-10-11-24-17(14-23)16-12-21-22(2)13-16;/h3-7,12-13,17H,8-11,14H2,1-2H3,(H,19,20);1H. The number of morpholine rings is 1. The van der Waals surface area contributed by atoms with Crippen LogP contribution in [0.1, 0.15) is 17.2 Å². The van der Waals surface area contributed by atoms with E-state index in [2.05, 4.69) is 44.6 Å². The average Bonchev–Trinajstić information content (AvgIpc) is 3.06. The highest BCUT2D eigenvalue weighted by molar-refractivity contribution is 14.0. The number of hydrogen-bond donors (Lipinski definition) is 1. The molecule has 3 rings (SSSR count). The highest BCUT2D eigenvalue weighted by Gasteiger charge is 2.24. The number of ether oxygens (including phenoxy) is 1. The summed E-state index contributed by atoms with van der Waals surface area (Å²) in [4.78, 5) is 6.69. The van der Waals surface area contributed by atoms with Crippen LogP contribution in [0.25, 0.3) is 0 Å². The van der Waals surface area contributed by atoms with E-state index in [-0.39, 0.29) is 30.1 Å². The number of nitrogens with one attached hydrogen (secondary N) is 1. The number of halogens is 1. The molecule has 7 heteroatoms. The summed E-state index contributed by atoms with van der Waals surface area (Å²) in [7, 11) is 3.76. The molecule has 1 aromatic carbocycles. The molecule has 25 heavy (non-hydrogen) atoms. The summed E-state index contributed by atoms with van der Waals surface area (Å²) in [5, 5.41) is 7.70. The van der Waals surface area contributed by atoms with Crippen LogP contribution in [-0.4, -0.2) is 53.9 Å².